The van der Waals surface area contributed by atoms with Crippen molar-refractivity contribution in [2.45, 2.75) is 22.7 Å². The molecule has 1 fully saturated rings. The van der Waals surface area contributed by atoms with Crippen LogP contribution in [0, 0.1) is 5.82 Å². The van der Waals surface area contributed by atoms with Crippen molar-refractivity contribution >= 4 is 45.7 Å². The van der Waals surface area contributed by atoms with E-state index in [1.54, 1.807) is 66.7 Å². The summed E-state index contributed by atoms with van der Waals surface area (Å²) in [4.78, 5) is 28.3. The van der Waals surface area contributed by atoms with E-state index >= 15 is 0 Å². The maximum atomic E-state index is 13.5. The summed E-state index contributed by atoms with van der Waals surface area (Å²) in [6.07, 6.45) is 0. The van der Waals surface area contributed by atoms with Crippen molar-refractivity contribution in [1.29, 1.82) is 0 Å². The number of thioether (sulfide) groups is 1. The van der Waals surface area contributed by atoms with E-state index in [9.17, 15) is 19.1 Å². The molecule has 4 aromatic carbocycles. The minimum absolute atomic E-state index is 0.0490. The lowest BCUT2D eigenvalue weighted by Crippen LogP contribution is -2.29. The third-order valence-corrected chi connectivity index (χ3v) is 8.92. The molecule has 214 valence electrons. The van der Waals surface area contributed by atoms with Gasteiger partial charge in [-0.2, -0.15) is 0 Å². The molecule has 0 spiro atoms. The predicted octanol–water partition coefficient (Wildman–Crippen LogP) is 7.17. The number of hydrogen-bond donors (Lipinski definition) is 1. The number of ether oxygens (including phenoxy) is 1. The van der Waals surface area contributed by atoms with Crippen LogP contribution in [0.15, 0.2) is 119 Å². The predicted molar refractivity (Wildman–Crippen MR) is 164 cm³/mol. The van der Waals surface area contributed by atoms with Crippen LogP contribution in [-0.4, -0.2) is 27.0 Å². The second-order valence-electron chi connectivity index (χ2n) is 9.65. The molecule has 1 aromatic heterocycles. The highest BCUT2D eigenvalue weighted by molar-refractivity contribution is 8.00. The number of carbonyl (C=O) groups excluding carboxylic acids is 2. The van der Waals surface area contributed by atoms with E-state index in [0.29, 0.717) is 33.6 Å². The summed E-state index contributed by atoms with van der Waals surface area (Å²) in [6.45, 7) is 0.333. The van der Waals surface area contributed by atoms with Crippen molar-refractivity contribution < 1.29 is 23.8 Å². The third kappa shape index (κ3) is 6.20. The van der Waals surface area contributed by atoms with Gasteiger partial charge in [-0.3, -0.25) is 14.5 Å². The number of benzene rings is 4. The second-order valence-corrected chi connectivity index (χ2v) is 11.8. The van der Waals surface area contributed by atoms with Gasteiger partial charge in [-0.05, 0) is 41.0 Å². The fraction of sp³-hybridized carbons (Fsp3) is 0.0909. The van der Waals surface area contributed by atoms with Gasteiger partial charge in [0.2, 0.25) is 5.13 Å². The molecule has 0 bridgehead atoms. The number of amides is 1. The van der Waals surface area contributed by atoms with Gasteiger partial charge in [-0.25, -0.2) is 4.39 Å². The minimum atomic E-state index is -0.969. The van der Waals surface area contributed by atoms with Gasteiger partial charge >= 0.3 is 5.91 Å². The molecule has 6 rings (SSSR count). The fourth-order valence-corrected chi connectivity index (χ4v) is 6.52. The first-order valence-electron chi connectivity index (χ1n) is 13.3. The van der Waals surface area contributed by atoms with Crippen molar-refractivity contribution in [3.05, 3.63) is 143 Å². The average Bonchev–Trinajstić information content (AvgIpc) is 3.62. The van der Waals surface area contributed by atoms with Crippen LogP contribution in [0.1, 0.15) is 28.3 Å². The molecule has 0 aliphatic carbocycles. The van der Waals surface area contributed by atoms with E-state index in [-0.39, 0.29) is 22.3 Å². The fourth-order valence-electron chi connectivity index (χ4n) is 4.70. The molecule has 2 heterocycles. The van der Waals surface area contributed by atoms with Crippen LogP contribution in [0.2, 0.25) is 0 Å². The number of rotatable bonds is 9. The molecule has 0 radical (unpaired) electrons. The largest absolute Gasteiger partial charge is 0.507 e. The molecule has 1 saturated heterocycles. The Morgan fingerprint density at radius 3 is 2.35 bits per heavy atom. The Balaban J connectivity index is 1.35. The van der Waals surface area contributed by atoms with E-state index in [0.717, 1.165) is 22.5 Å². The number of carbonyl (C=O) groups is 2. The van der Waals surface area contributed by atoms with Crippen molar-refractivity contribution in [3.63, 3.8) is 0 Å². The van der Waals surface area contributed by atoms with Gasteiger partial charge in [0.05, 0.1) is 11.6 Å². The van der Waals surface area contributed by atoms with Crippen molar-refractivity contribution in [1.82, 2.24) is 10.2 Å². The first-order chi connectivity index (χ1) is 21.0. The van der Waals surface area contributed by atoms with Crippen LogP contribution in [0.4, 0.5) is 9.52 Å². The number of aliphatic hydroxyl groups is 1. The van der Waals surface area contributed by atoms with Gasteiger partial charge < -0.3 is 9.84 Å². The molecule has 1 aliphatic heterocycles. The van der Waals surface area contributed by atoms with Gasteiger partial charge in [-0.15, -0.1) is 10.2 Å². The van der Waals surface area contributed by atoms with Crippen molar-refractivity contribution in [3.8, 4) is 5.75 Å². The number of anilines is 1. The molecule has 1 amide bonds. The van der Waals surface area contributed by atoms with Crippen molar-refractivity contribution in [2.24, 2.45) is 0 Å². The summed E-state index contributed by atoms with van der Waals surface area (Å²) in [6, 6.07) is 30.7. The highest BCUT2D eigenvalue weighted by Gasteiger charge is 2.48. The Labute approximate surface area is 255 Å². The van der Waals surface area contributed by atoms with E-state index in [2.05, 4.69) is 10.2 Å². The summed E-state index contributed by atoms with van der Waals surface area (Å²) in [5.41, 5.74) is 2.82. The zero-order chi connectivity index (χ0) is 29.8. The lowest BCUT2D eigenvalue weighted by molar-refractivity contribution is -0.132. The van der Waals surface area contributed by atoms with Crippen LogP contribution >= 0.6 is 23.1 Å². The van der Waals surface area contributed by atoms with Crippen LogP contribution < -0.4 is 9.64 Å². The normalized spacial score (nSPS) is 16.0. The zero-order valence-corrected chi connectivity index (χ0v) is 24.2. The highest BCUT2D eigenvalue weighted by atomic mass is 32.2. The molecule has 1 unspecified atom stereocenters. The Morgan fingerprint density at radius 2 is 1.60 bits per heavy atom. The first kappa shape index (κ1) is 28.3. The SMILES string of the molecule is O=C1C(=O)N(c2nnc(SCc3ccc(F)cc3)s2)C(c2cccc(OCc3ccccc3)c2)/C1=C(\O)c1ccccc1. The Morgan fingerprint density at radius 1 is 0.884 bits per heavy atom. The molecule has 7 nitrogen and oxygen atoms in total. The van der Waals surface area contributed by atoms with E-state index in [4.69, 9.17) is 4.74 Å². The monoisotopic (exact) mass is 609 g/mol. The molecule has 10 heteroatoms. The van der Waals surface area contributed by atoms with Gasteiger partial charge in [0, 0.05) is 11.3 Å². The molecule has 5 aromatic rings. The number of nitrogens with zero attached hydrogens (tertiary/aromatic N) is 3. The summed E-state index contributed by atoms with van der Waals surface area (Å²) < 4.78 is 19.9. The molecule has 1 aliphatic rings. The standard InChI is InChI=1S/C33H24FN3O4S2/c34-25-16-14-22(15-17-25)20-42-33-36-35-32(43-33)37-28(27(30(39)31(37)40)29(38)23-10-5-2-6-11-23)24-12-7-13-26(18-24)41-19-21-8-3-1-4-9-21/h1-18,28,38H,19-20H2/b29-27+. The molecular formula is C33H24FN3O4S2. The number of Topliss-reactive ketones (excluding diaryl/α,β-unsaturated/α-hetero) is 1. The van der Waals surface area contributed by atoms with E-state index in [1.807, 2.05) is 30.3 Å². The van der Waals surface area contributed by atoms with Gasteiger partial charge in [0.15, 0.2) is 4.34 Å². The quantitative estimate of drug-likeness (QED) is 0.0623. The second kappa shape index (κ2) is 12.6. The topological polar surface area (TPSA) is 92.6 Å². The van der Waals surface area contributed by atoms with Gasteiger partial charge in [-0.1, -0.05) is 108 Å². The lowest BCUT2D eigenvalue weighted by atomic mass is 9.95. The molecule has 1 N–H and O–H groups in total. The van der Waals surface area contributed by atoms with E-state index < -0.39 is 17.7 Å². The molecule has 1 atom stereocenters. The zero-order valence-electron chi connectivity index (χ0n) is 22.6. The van der Waals surface area contributed by atoms with Crippen LogP contribution in [0.25, 0.3) is 5.76 Å². The highest BCUT2D eigenvalue weighted by Crippen LogP contribution is 2.44. The molecule has 0 saturated carbocycles. The maximum absolute atomic E-state index is 13.5. The Hall–Kier alpha value is -4.80. The van der Waals surface area contributed by atoms with Crippen molar-refractivity contribution in [2.75, 3.05) is 4.90 Å². The third-order valence-electron chi connectivity index (χ3n) is 6.79. The first-order valence-corrected chi connectivity index (χ1v) is 15.1. The number of halogens is 1. The van der Waals surface area contributed by atoms with Gasteiger partial charge in [0.25, 0.3) is 5.78 Å². The van der Waals surface area contributed by atoms with Crippen LogP contribution in [-0.2, 0) is 21.9 Å². The Bertz CT molecular complexity index is 1790. The minimum Gasteiger partial charge on any atom is -0.507 e. The number of hydrogen-bond acceptors (Lipinski definition) is 8. The Kier molecular flexibility index (Phi) is 8.30. The number of ketones is 1. The molecular weight excluding hydrogens is 586 g/mol. The summed E-state index contributed by atoms with van der Waals surface area (Å²) in [7, 11) is 0. The summed E-state index contributed by atoms with van der Waals surface area (Å²) in [5, 5.41) is 20.1. The number of aromatic nitrogens is 2. The van der Waals surface area contributed by atoms with Crippen LogP contribution in [0.5, 0.6) is 5.75 Å². The maximum Gasteiger partial charge on any atom is 0.301 e. The average molecular weight is 610 g/mol. The van der Waals surface area contributed by atoms with Gasteiger partial charge in [0.1, 0.15) is 23.9 Å². The molecule has 43 heavy (non-hydrogen) atoms. The van der Waals surface area contributed by atoms with E-state index in [1.165, 1.54) is 28.8 Å². The smallest absolute Gasteiger partial charge is 0.301 e. The lowest BCUT2D eigenvalue weighted by Gasteiger charge is -2.23. The number of aliphatic hydroxyl groups excluding tert-OH is 1. The van der Waals surface area contributed by atoms with Crippen LogP contribution in [0.3, 0.4) is 0 Å². The summed E-state index contributed by atoms with van der Waals surface area (Å²) in [5.74, 6) is -1.17. The summed E-state index contributed by atoms with van der Waals surface area (Å²) >= 11 is 2.55.